The lowest BCUT2D eigenvalue weighted by atomic mass is 9.78. The molecule has 28 heavy (non-hydrogen) atoms. The van der Waals surface area contributed by atoms with E-state index in [0.29, 0.717) is 0 Å². The molecule has 0 aromatic heterocycles. The Balaban J connectivity index is 2.01. The summed E-state index contributed by atoms with van der Waals surface area (Å²) in [6.07, 6.45) is 5.55. The average Bonchev–Trinajstić information content (AvgIpc) is 2.58. The Morgan fingerprint density at radius 3 is 2.32 bits per heavy atom. The number of hydrogen-bond donors (Lipinski definition) is 0. The van der Waals surface area contributed by atoms with Gasteiger partial charge in [0.25, 0.3) is 0 Å². The van der Waals surface area contributed by atoms with Gasteiger partial charge in [-0.05, 0) is 61.6 Å². The van der Waals surface area contributed by atoms with Crippen LogP contribution < -0.4 is 0 Å². The molecule has 1 atom stereocenters. The Kier molecular flexibility index (Phi) is 5.11. The van der Waals surface area contributed by atoms with E-state index in [1.807, 2.05) is 31.4 Å². The molecular formula is C24H28F3N. The highest BCUT2D eigenvalue weighted by Crippen LogP contribution is 2.45. The van der Waals surface area contributed by atoms with E-state index in [0.717, 1.165) is 16.8 Å². The Bertz CT molecular complexity index is 911. The third kappa shape index (κ3) is 3.57. The summed E-state index contributed by atoms with van der Waals surface area (Å²) in [6.45, 7) is 8.85. The van der Waals surface area contributed by atoms with Crippen LogP contribution in [0.25, 0.3) is 5.70 Å². The van der Waals surface area contributed by atoms with E-state index < -0.39 is 11.6 Å². The highest BCUT2D eigenvalue weighted by molar-refractivity contribution is 5.73. The van der Waals surface area contributed by atoms with E-state index in [2.05, 4.69) is 43.9 Å². The molecule has 1 aromatic rings. The first-order chi connectivity index (χ1) is 12.9. The van der Waals surface area contributed by atoms with Gasteiger partial charge in [0.15, 0.2) is 0 Å². The lowest BCUT2D eigenvalue weighted by molar-refractivity contribution is -0.210. The Morgan fingerprint density at radius 1 is 1.00 bits per heavy atom. The Hall–Kier alpha value is -2.23. The van der Waals surface area contributed by atoms with E-state index in [9.17, 15) is 13.2 Å². The highest BCUT2D eigenvalue weighted by Gasteiger charge is 2.48. The molecule has 1 aliphatic heterocycles. The van der Waals surface area contributed by atoms with Crippen molar-refractivity contribution in [3.63, 3.8) is 0 Å². The number of benzene rings is 1. The molecule has 1 heterocycles. The number of halogens is 3. The molecule has 0 amide bonds. The standard InChI is InChI=1S/C24H28F3N/c1-15-12-16(2)17(3)20(13-15)22-11-10-19-18(8-7-9-21(19)28(22)6)14-23(4,5)24(25,26)27/h7-13,21H,14H2,1-6H3. The van der Waals surface area contributed by atoms with Gasteiger partial charge in [0, 0.05) is 18.3 Å². The van der Waals surface area contributed by atoms with E-state index in [1.54, 1.807) is 0 Å². The minimum absolute atomic E-state index is 0.0250. The van der Waals surface area contributed by atoms with Gasteiger partial charge in [-0.15, -0.1) is 0 Å². The fourth-order valence-corrected chi connectivity index (χ4v) is 3.97. The van der Waals surface area contributed by atoms with Crippen molar-refractivity contribution in [1.29, 1.82) is 0 Å². The van der Waals surface area contributed by atoms with Crippen LogP contribution in [-0.2, 0) is 0 Å². The van der Waals surface area contributed by atoms with Crippen molar-refractivity contribution in [3.05, 3.63) is 75.9 Å². The van der Waals surface area contributed by atoms with Gasteiger partial charge in [-0.25, -0.2) is 0 Å². The van der Waals surface area contributed by atoms with E-state index in [4.69, 9.17) is 0 Å². The zero-order valence-electron chi connectivity index (χ0n) is 17.4. The molecule has 0 N–H and O–H groups in total. The summed E-state index contributed by atoms with van der Waals surface area (Å²) < 4.78 is 40.2. The smallest absolute Gasteiger partial charge is 0.364 e. The van der Waals surface area contributed by atoms with Gasteiger partial charge in [0.05, 0.1) is 11.5 Å². The number of aryl methyl sites for hydroxylation is 2. The van der Waals surface area contributed by atoms with Crippen molar-refractivity contribution in [3.8, 4) is 0 Å². The first-order valence-corrected chi connectivity index (χ1v) is 9.60. The lowest BCUT2D eigenvalue weighted by Gasteiger charge is -2.39. The molecule has 0 radical (unpaired) electrons. The first-order valence-electron chi connectivity index (χ1n) is 9.60. The fraction of sp³-hybridized carbons (Fsp3) is 0.417. The topological polar surface area (TPSA) is 3.24 Å². The quantitative estimate of drug-likeness (QED) is 0.560. The first kappa shape index (κ1) is 20.5. The largest absolute Gasteiger partial charge is 0.394 e. The van der Waals surface area contributed by atoms with Crippen molar-refractivity contribution in [2.75, 3.05) is 7.05 Å². The second kappa shape index (κ2) is 6.98. The van der Waals surface area contributed by atoms with Crippen LogP contribution in [0.5, 0.6) is 0 Å². The summed E-state index contributed by atoms with van der Waals surface area (Å²) in [5.41, 5.74) is 5.90. The van der Waals surface area contributed by atoms with E-state index in [-0.39, 0.29) is 12.5 Å². The van der Waals surface area contributed by atoms with Gasteiger partial charge >= 0.3 is 6.18 Å². The zero-order chi connectivity index (χ0) is 20.9. The van der Waals surface area contributed by atoms with Crippen molar-refractivity contribution >= 4 is 5.70 Å². The van der Waals surface area contributed by atoms with Crippen molar-refractivity contribution in [2.24, 2.45) is 5.41 Å². The number of alkyl halides is 3. The molecule has 0 fully saturated rings. The minimum atomic E-state index is -4.23. The van der Waals surface area contributed by atoms with Gasteiger partial charge in [-0.1, -0.05) is 49.8 Å². The molecule has 1 nitrogen and oxygen atoms in total. The number of nitrogens with zero attached hydrogens (tertiary/aromatic N) is 1. The minimum Gasteiger partial charge on any atom is -0.364 e. The molecule has 0 saturated heterocycles. The van der Waals surface area contributed by atoms with Gasteiger partial charge in [0.1, 0.15) is 0 Å². The summed E-state index contributed by atoms with van der Waals surface area (Å²) >= 11 is 0. The van der Waals surface area contributed by atoms with Crippen LogP contribution in [0.4, 0.5) is 13.2 Å². The molecule has 1 aliphatic carbocycles. The molecule has 0 bridgehead atoms. The van der Waals surface area contributed by atoms with Gasteiger partial charge in [0.2, 0.25) is 0 Å². The van der Waals surface area contributed by atoms with Crippen LogP contribution in [0.15, 0.2) is 53.7 Å². The SMILES string of the molecule is Cc1cc(C)c(C)c(C2=CC=C3C(CC(C)(C)C(F)(F)F)=CC=CC3N2C)c1. The second-order valence-electron chi connectivity index (χ2n) is 8.62. The monoisotopic (exact) mass is 387 g/mol. The van der Waals surface area contributed by atoms with Gasteiger partial charge in [-0.3, -0.25) is 0 Å². The van der Waals surface area contributed by atoms with Crippen molar-refractivity contribution in [2.45, 2.75) is 53.3 Å². The van der Waals surface area contributed by atoms with Gasteiger partial charge < -0.3 is 4.90 Å². The maximum absolute atomic E-state index is 13.4. The number of hydrogen-bond acceptors (Lipinski definition) is 1. The average molecular weight is 387 g/mol. The molecule has 2 aliphatic rings. The summed E-state index contributed by atoms with van der Waals surface area (Å²) in [7, 11) is 2.02. The molecule has 1 aromatic carbocycles. The van der Waals surface area contributed by atoms with E-state index >= 15 is 0 Å². The van der Waals surface area contributed by atoms with Crippen LogP contribution in [0.3, 0.4) is 0 Å². The molecule has 4 heteroatoms. The van der Waals surface area contributed by atoms with Gasteiger partial charge in [-0.2, -0.15) is 13.2 Å². The number of fused-ring (bicyclic) bond motifs is 1. The molecule has 1 unspecified atom stereocenters. The fourth-order valence-electron chi connectivity index (χ4n) is 3.97. The molecule has 3 rings (SSSR count). The summed E-state index contributed by atoms with van der Waals surface area (Å²) in [4.78, 5) is 2.17. The van der Waals surface area contributed by atoms with Crippen LogP contribution in [0.1, 0.15) is 42.5 Å². The maximum Gasteiger partial charge on any atom is 0.394 e. The van der Waals surface area contributed by atoms with Crippen molar-refractivity contribution in [1.82, 2.24) is 4.90 Å². The lowest BCUT2D eigenvalue weighted by Crippen LogP contribution is -2.37. The summed E-state index contributed by atoms with van der Waals surface area (Å²) in [6, 6.07) is 4.30. The normalized spacial score (nSPS) is 19.8. The third-order valence-electron chi connectivity index (χ3n) is 5.99. The molecule has 0 saturated carbocycles. The van der Waals surface area contributed by atoms with Crippen LogP contribution in [0.2, 0.25) is 0 Å². The molecule has 150 valence electrons. The Labute approximate surface area is 165 Å². The second-order valence-corrected chi connectivity index (χ2v) is 8.62. The molecular weight excluding hydrogens is 359 g/mol. The van der Waals surface area contributed by atoms with Crippen molar-refractivity contribution < 1.29 is 13.2 Å². The maximum atomic E-state index is 13.4. The highest BCUT2D eigenvalue weighted by atomic mass is 19.4. The predicted octanol–water partition coefficient (Wildman–Crippen LogP) is 6.67. The Morgan fingerprint density at radius 2 is 1.68 bits per heavy atom. The predicted molar refractivity (Wildman–Crippen MR) is 110 cm³/mol. The number of allylic oxidation sites excluding steroid dienone is 4. The number of likely N-dealkylation sites (N-methyl/N-ethyl adjacent to an activating group) is 1. The molecule has 0 spiro atoms. The summed E-state index contributed by atoms with van der Waals surface area (Å²) in [5, 5.41) is 0. The third-order valence-corrected chi connectivity index (χ3v) is 5.99. The number of rotatable bonds is 3. The summed E-state index contributed by atoms with van der Waals surface area (Å²) in [5.74, 6) is 0. The van der Waals surface area contributed by atoms with Crippen LogP contribution >= 0.6 is 0 Å². The van der Waals surface area contributed by atoms with Crippen LogP contribution in [0, 0.1) is 26.2 Å². The zero-order valence-corrected chi connectivity index (χ0v) is 17.4. The van der Waals surface area contributed by atoms with Crippen LogP contribution in [-0.4, -0.2) is 24.2 Å². The van der Waals surface area contributed by atoms with E-state index in [1.165, 1.54) is 36.1 Å².